The van der Waals surface area contributed by atoms with E-state index in [2.05, 4.69) is 4.98 Å². The summed E-state index contributed by atoms with van der Waals surface area (Å²) in [5, 5.41) is 0. The Morgan fingerprint density at radius 3 is 2.63 bits per heavy atom. The second kappa shape index (κ2) is 6.44. The number of benzene rings is 1. The first-order chi connectivity index (χ1) is 9.28. The molecule has 0 fully saturated rings. The SMILES string of the molecule is O=Cc1cccc(CC(=O)OCc2ccccc2)n1. The van der Waals surface area contributed by atoms with Crippen LogP contribution in [0.3, 0.4) is 0 Å². The largest absolute Gasteiger partial charge is 0.461 e. The van der Waals surface area contributed by atoms with Crippen LogP contribution in [0.1, 0.15) is 21.7 Å². The van der Waals surface area contributed by atoms with E-state index in [-0.39, 0.29) is 19.0 Å². The molecule has 0 amide bonds. The Hall–Kier alpha value is -2.49. The van der Waals surface area contributed by atoms with Crippen molar-refractivity contribution in [3.05, 3.63) is 65.5 Å². The third kappa shape index (κ3) is 4.03. The Labute approximate surface area is 111 Å². The Balaban J connectivity index is 1.89. The zero-order chi connectivity index (χ0) is 13.5. The van der Waals surface area contributed by atoms with Crippen molar-refractivity contribution in [2.24, 2.45) is 0 Å². The number of carbonyl (C=O) groups excluding carboxylic acids is 2. The minimum atomic E-state index is -0.362. The topological polar surface area (TPSA) is 56.3 Å². The molecule has 4 heteroatoms. The summed E-state index contributed by atoms with van der Waals surface area (Å²) in [4.78, 5) is 26.2. The third-order valence-electron chi connectivity index (χ3n) is 2.52. The van der Waals surface area contributed by atoms with Gasteiger partial charge in [0.2, 0.25) is 0 Å². The van der Waals surface area contributed by atoms with Crippen LogP contribution in [0.15, 0.2) is 48.5 Å². The number of carbonyl (C=O) groups is 2. The van der Waals surface area contributed by atoms with Gasteiger partial charge in [0.25, 0.3) is 0 Å². The Morgan fingerprint density at radius 2 is 1.89 bits per heavy atom. The molecule has 0 aliphatic rings. The molecule has 2 rings (SSSR count). The lowest BCUT2D eigenvalue weighted by Gasteiger charge is -2.04. The highest BCUT2D eigenvalue weighted by Crippen LogP contribution is 2.04. The fourth-order valence-corrected chi connectivity index (χ4v) is 1.60. The summed E-state index contributed by atoms with van der Waals surface area (Å²) < 4.78 is 5.14. The number of pyridine rings is 1. The Kier molecular flexibility index (Phi) is 4.39. The number of aldehydes is 1. The molecule has 0 aliphatic heterocycles. The van der Waals surface area contributed by atoms with Gasteiger partial charge in [-0.3, -0.25) is 9.59 Å². The monoisotopic (exact) mass is 255 g/mol. The first-order valence-corrected chi connectivity index (χ1v) is 5.88. The van der Waals surface area contributed by atoms with Crippen LogP contribution in [-0.2, 0) is 22.6 Å². The summed E-state index contributed by atoms with van der Waals surface area (Å²) in [7, 11) is 0. The predicted molar refractivity (Wildman–Crippen MR) is 69.6 cm³/mol. The van der Waals surface area contributed by atoms with Crippen molar-refractivity contribution in [3.8, 4) is 0 Å². The molecule has 0 saturated heterocycles. The van der Waals surface area contributed by atoms with E-state index in [4.69, 9.17) is 4.74 Å². The predicted octanol–water partition coefficient (Wildman–Crippen LogP) is 2.18. The minimum absolute atomic E-state index is 0.0640. The first kappa shape index (κ1) is 13.0. The second-order valence-electron chi connectivity index (χ2n) is 3.99. The summed E-state index contributed by atoms with van der Waals surface area (Å²) >= 11 is 0. The van der Waals surface area contributed by atoms with Gasteiger partial charge in [0, 0.05) is 0 Å². The fraction of sp³-hybridized carbons (Fsp3) is 0.133. The molecule has 0 atom stereocenters. The van der Waals surface area contributed by atoms with E-state index in [0.29, 0.717) is 17.7 Å². The molecular weight excluding hydrogens is 242 g/mol. The molecule has 0 radical (unpaired) electrons. The highest BCUT2D eigenvalue weighted by Gasteiger charge is 2.07. The molecule has 0 bridgehead atoms. The van der Waals surface area contributed by atoms with E-state index in [1.165, 1.54) is 0 Å². The summed E-state index contributed by atoms with van der Waals surface area (Å²) in [5.74, 6) is -0.362. The van der Waals surface area contributed by atoms with Crippen molar-refractivity contribution in [1.82, 2.24) is 4.98 Å². The van der Waals surface area contributed by atoms with Crippen LogP contribution < -0.4 is 0 Å². The van der Waals surface area contributed by atoms with Gasteiger partial charge in [0.1, 0.15) is 12.3 Å². The van der Waals surface area contributed by atoms with Crippen LogP contribution in [-0.4, -0.2) is 17.2 Å². The first-order valence-electron chi connectivity index (χ1n) is 5.88. The van der Waals surface area contributed by atoms with Crippen LogP contribution in [0.4, 0.5) is 0 Å². The molecular formula is C15H13NO3. The van der Waals surface area contributed by atoms with Crippen molar-refractivity contribution in [2.45, 2.75) is 13.0 Å². The van der Waals surface area contributed by atoms with Crippen LogP contribution in [0.2, 0.25) is 0 Å². The van der Waals surface area contributed by atoms with Crippen molar-refractivity contribution in [3.63, 3.8) is 0 Å². The maximum Gasteiger partial charge on any atom is 0.312 e. The van der Waals surface area contributed by atoms with E-state index >= 15 is 0 Å². The molecule has 0 saturated carbocycles. The van der Waals surface area contributed by atoms with Crippen molar-refractivity contribution >= 4 is 12.3 Å². The maximum atomic E-state index is 11.6. The zero-order valence-electron chi connectivity index (χ0n) is 10.3. The summed E-state index contributed by atoms with van der Waals surface area (Å²) in [6.07, 6.45) is 0.716. The molecule has 0 unspecified atom stereocenters. The van der Waals surface area contributed by atoms with E-state index in [1.54, 1.807) is 18.2 Å². The van der Waals surface area contributed by atoms with E-state index in [1.807, 2.05) is 30.3 Å². The number of rotatable bonds is 5. The summed E-state index contributed by atoms with van der Waals surface area (Å²) in [5.41, 5.74) is 1.78. The smallest absolute Gasteiger partial charge is 0.312 e. The van der Waals surface area contributed by atoms with Gasteiger partial charge in [0.05, 0.1) is 12.1 Å². The molecule has 19 heavy (non-hydrogen) atoms. The number of nitrogens with zero attached hydrogens (tertiary/aromatic N) is 1. The van der Waals surface area contributed by atoms with Crippen molar-refractivity contribution in [1.29, 1.82) is 0 Å². The Bertz CT molecular complexity index is 567. The lowest BCUT2D eigenvalue weighted by Crippen LogP contribution is -2.09. The molecule has 0 N–H and O–H groups in total. The van der Waals surface area contributed by atoms with Gasteiger partial charge in [0.15, 0.2) is 6.29 Å². The summed E-state index contributed by atoms with van der Waals surface area (Å²) in [6.45, 7) is 0.243. The van der Waals surface area contributed by atoms with Crippen LogP contribution in [0.25, 0.3) is 0 Å². The molecule has 2 aromatic rings. The molecule has 0 aliphatic carbocycles. The van der Waals surface area contributed by atoms with Crippen LogP contribution in [0.5, 0.6) is 0 Å². The van der Waals surface area contributed by atoms with Gasteiger partial charge in [-0.15, -0.1) is 0 Å². The number of ether oxygens (including phenoxy) is 1. The average Bonchev–Trinajstić information content (AvgIpc) is 2.46. The highest BCUT2D eigenvalue weighted by atomic mass is 16.5. The lowest BCUT2D eigenvalue weighted by atomic mass is 10.2. The second-order valence-corrected chi connectivity index (χ2v) is 3.99. The van der Waals surface area contributed by atoms with Gasteiger partial charge in [-0.1, -0.05) is 36.4 Å². The third-order valence-corrected chi connectivity index (χ3v) is 2.52. The van der Waals surface area contributed by atoms with Crippen LogP contribution in [0, 0.1) is 0 Å². The fourth-order valence-electron chi connectivity index (χ4n) is 1.60. The number of hydrogen-bond donors (Lipinski definition) is 0. The normalized spacial score (nSPS) is 9.89. The molecule has 4 nitrogen and oxygen atoms in total. The van der Waals surface area contributed by atoms with Gasteiger partial charge in [-0.2, -0.15) is 0 Å². The number of hydrogen-bond acceptors (Lipinski definition) is 4. The minimum Gasteiger partial charge on any atom is -0.461 e. The lowest BCUT2D eigenvalue weighted by molar-refractivity contribution is -0.144. The average molecular weight is 255 g/mol. The number of esters is 1. The summed E-state index contributed by atoms with van der Waals surface area (Å²) in [6, 6.07) is 14.4. The molecule has 1 aromatic carbocycles. The van der Waals surface area contributed by atoms with E-state index in [0.717, 1.165) is 5.56 Å². The maximum absolute atomic E-state index is 11.6. The van der Waals surface area contributed by atoms with E-state index < -0.39 is 0 Å². The van der Waals surface area contributed by atoms with Gasteiger partial charge in [-0.05, 0) is 17.7 Å². The molecule has 0 spiro atoms. The van der Waals surface area contributed by atoms with Gasteiger partial charge in [-0.25, -0.2) is 4.98 Å². The Morgan fingerprint density at radius 1 is 1.11 bits per heavy atom. The molecule has 1 aromatic heterocycles. The standard InChI is InChI=1S/C15H13NO3/c17-10-14-8-4-7-13(16-14)9-15(18)19-11-12-5-2-1-3-6-12/h1-8,10H,9,11H2. The van der Waals surface area contributed by atoms with Crippen molar-refractivity contribution < 1.29 is 14.3 Å². The van der Waals surface area contributed by atoms with E-state index in [9.17, 15) is 9.59 Å². The molecule has 96 valence electrons. The van der Waals surface area contributed by atoms with Gasteiger partial charge < -0.3 is 4.74 Å². The highest BCUT2D eigenvalue weighted by molar-refractivity contribution is 5.74. The number of aromatic nitrogens is 1. The molecule has 1 heterocycles. The quantitative estimate of drug-likeness (QED) is 0.607. The van der Waals surface area contributed by atoms with Crippen LogP contribution >= 0.6 is 0 Å². The van der Waals surface area contributed by atoms with Gasteiger partial charge >= 0.3 is 5.97 Å². The zero-order valence-corrected chi connectivity index (χ0v) is 10.3. The van der Waals surface area contributed by atoms with Crippen molar-refractivity contribution in [2.75, 3.05) is 0 Å².